The van der Waals surface area contributed by atoms with Gasteiger partial charge in [-0.15, -0.1) is 0 Å². The third kappa shape index (κ3) is 3.09. The van der Waals surface area contributed by atoms with Gasteiger partial charge < -0.3 is 9.84 Å². The number of phenolic OH excluding ortho intramolecular Hbond substituents is 1. The standard InChI is InChI=1S/C16H23NO2/c1-11-6-4-8-14(12(11)2)17-10-13-7-5-9-15(19-3)16(13)18/h5,7,9-12,14,18H,4,6,8H2,1-3H3/t11-,12-,14-/m1/s1. The van der Waals surface area contributed by atoms with E-state index in [0.717, 1.165) is 17.9 Å². The summed E-state index contributed by atoms with van der Waals surface area (Å²) in [4.78, 5) is 4.68. The third-order valence-electron chi connectivity index (χ3n) is 4.32. The van der Waals surface area contributed by atoms with Gasteiger partial charge in [0.15, 0.2) is 11.5 Å². The summed E-state index contributed by atoms with van der Waals surface area (Å²) in [6.45, 7) is 4.58. The number of aromatic hydroxyl groups is 1. The molecule has 1 N–H and O–H groups in total. The van der Waals surface area contributed by atoms with Crippen molar-refractivity contribution in [3.05, 3.63) is 23.8 Å². The van der Waals surface area contributed by atoms with Crippen molar-refractivity contribution in [3.63, 3.8) is 0 Å². The van der Waals surface area contributed by atoms with E-state index in [9.17, 15) is 5.11 Å². The third-order valence-corrected chi connectivity index (χ3v) is 4.32. The second-order valence-corrected chi connectivity index (χ2v) is 5.51. The van der Waals surface area contributed by atoms with Crippen LogP contribution in [-0.2, 0) is 0 Å². The van der Waals surface area contributed by atoms with Crippen molar-refractivity contribution in [2.75, 3.05) is 7.11 Å². The zero-order chi connectivity index (χ0) is 13.8. The van der Waals surface area contributed by atoms with Crippen LogP contribution in [0.4, 0.5) is 0 Å². The average Bonchev–Trinajstić information content (AvgIpc) is 2.42. The summed E-state index contributed by atoms with van der Waals surface area (Å²) in [5.41, 5.74) is 0.727. The Bertz CT molecular complexity index is 456. The van der Waals surface area contributed by atoms with Crippen molar-refractivity contribution >= 4 is 6.21 Å². The molecule has 0 unspecified atom stereocenters. The second-order valence-electron chi connectivity index (χ2n) is 5.51. The topological polar surface area (TPSA) is 41.8 Å². The number of rotatable bonds is 3. The van der Waals surface area contributed by atoms with E-state index in [1.54, 1.807) is 19.4 Å². The second kappa shape index (κ2) is 6.09. The van der Waals surface area contributed by atoms with Crippen LogP contribution in [0.3, 0.4) is 0 Å². The molecule has 1 aromatic rings. The fraction of sp³-hybridized carbons (Fsp3) is 0.562. The van der Waals surface area contributed by atoms with Gasteiger partial charge >= 0.3 is 0 Å². The Morgan fingerprint density at radius 1 is 1.32 bits per heavy atom. The molecule has 1 aliphatic rings. The Hall–Kier alpha value is -1.51. The summed E-state index contributed by atoms with van der Waals surface area (Å²) in [7, 11) is 1.56. The first-order chi connectivity index (χ1) is 9.13. The van der Waals surface area contributed by atoms with Gasteiger partial charge in [-0.25, -0.2) is 0 Å². The molecule has 3 atom stereocenters. The van der Waals surface area contributed by atoms with Crippen molar-refractivity contribution in [1.82, 2.24) is 0 Å². The van der Waals surface area contributed by atoms with Crippen molar-refractivity contribution < 1.29 is 9.84 Å². The molecule has 0 aliphatic heterocycles. The van der Waals surface area contributed by atoms with Crippen LogP contribution in [0, 0.1) is 11.8 Å². The maximum absolute atomic E-state index is 10.0. The van der Waals surface area contributed by atoms with Crippen molar-refractivity contribution in [2.45, 2.75) is 39.2 Å². The minimum Gasteiger partial charge on any atom is -0.504 e. The SMILES string of the molecule is COc1cccc(C=N[C@@H]2CCC[C@@H](C)[C@H]2C)c1O. The summed E-state index contributed by atoms with van der Waals surface area (Å²) in [6, 6.07) is 5.85. The fourth-order valence-corrected chi connectivity index (χ4v) is 2.75. The van der Waals surface area contributed by atoms with Gasteiger partial charge in [0.1, 0.15) is 0 Å². The largest absolute Gasteiger partial charge is 0.504 e. The molecule has 0 amide bonds. The van der Waals surface area contributed by atoms with Gasteiger partial charge in [0.05, 0.1) is 13.2 Å². The molecule has 104 valence electrons. The first-order valence-electron chi connectivity index (χ1n) is 7.02. The monoisotopic (exact) mass is 261 g/mol. The minimum atomic E-state index is 0.172. The molecule has 0 heterocycles. The Balaban J connectivity index is 2.14. The lowest BCUT2D eigenvalue weighted by Crippen LogP contribution is -2.27. The van der Waals surface area contributed by atoms with Crippen LogP contribution in [0.2, 0.25) is 0 Å². The smallest absolute Gasteiger partial charge is 0.166 e. The summed E-state index contributed by atoms with van der Waals surface area (Å²) in [6.07, 6.45) is 5.49. The molecule has 19 heavy (non-hydrogen) atoms. The molecule has 0 saturated heterocycles. The van der Waals surface area contributed by atoms with Crippen molar-refractivity contribution in [2.24, 2.45) is 16.8 Å². The van der Waals surface area contributed by atoms with Crippen molar-refractivity contribution in [1.29, 1.82) is 0 Å². The fourth-order valence-electron chi connectivity index (χ4n) is 2.75. The van der Waals surface area contributed by atoms with Gasteiger partial charge in [-0.2, -0.15) is 0 Å². The zero-order valence-electron chi connectivity index (χ0n) is 12.0. The highest BCUT2D eigenvalue weighted by atomic mass is 16.5. The van der Waals surface area contributed by atoms with Crippen LogP contribution < -0.4 is 4.74 Å². The van der Waals surface area contributed by atoms with Crippen LogP contribution in [0.25, 0.3) is 0 Å². The molecule has 1 fully saturated rings. The number of nitrogens with zero attached hydrogens (tertiary/aromatic N) is 1. The Kier molecular flexibility index (Phi) is 4.46. The predicted octanol–water partition coefficient (Wildman–Crippen LogP) is 3.64. The number of phenols is 1. The number of para-hydroxylation sites is 1. The Morgan fingerprint density at radius 3 is 2.84 bits per heavy atom. The van der Waals surface area contributed by atoms with Crippen LogP contribution in [0.5, 0.6) is 11.5 Å². The summed E-state index contributed by atoms with van der Waals surface area (Å²) in [5, 5.41) is 10.0. The van der Waals surface area contributed by atoms with E-state index in [4.69, 9.17) is 4.74 Å². The van der Waals surface area contributed by atoms with Crippen LogP contribution in [0.15, 0.2) is 23.2 Å². The molecular formula is C16H23NO2. The molecular weight excluding hydrogens is 238 g/mol. The molecule has 2 rings (SSSR count). The number of benzene rings is 1. The molecule has 0 aromatic heterocycles. The van der Waals surface area contributed by atoms with E-state index in [0.29, 0.717) is 17.7 Å². The summed E-state index contributed by atoms with van der Waals surface area (Å²) in [5.74, 6) is 2.01. The molecule has 0 radical (unpaired) electrons. The van der Waals surface area contributed by atoms with E-state index in [1.165, 1.54) is 12.8 Å². The zero-order valence-corrected chi connectivity index (χ0v) is 12.0. The summed E-state index contributed by atoms with van der Waals surface area (Å²) < 4.78 is 5.10. The number of hydrogen-bond donors (Lipinski definition) is 1. The predicted molar refractivity (Wildman–Crippen MR) is 78.2 cm³/mol. The Labute approximate surface area is 115 Å². The van der Waals surface area contributed by atoms with Gasteiger partial charge in [0.25, 0.3) is 0 Å². The van der Waals surface area contributed by atoms with Gasteiger partial charge in [-0.1, -0.05) is 32.8 Å². The van der Waals surface area contributed by atoms with E-state index in [1.807, 2.05) is 12.1 Å². The molecule has 3 heteroatoms. The minimum absolute atomic E-state index is 0.172. The van der Waals surface area contributed by atoms with Crippen LogP contribution in [-0.4, -0.2) is 24.5 Å². The van der Waals surface area contributed by atoms with E-state index in [-0.39, 0.29) is 5.75 Å². The number of ether oxygens (including phenoxy) is 1. The van der Waals surface area contributed by atoms with E-state index in [2.05, 4.69) is 18.8 Å². The van der Waals surface area contributed by atoms with Gasteiger partial charge in [-0.3, -0.25) is 4.99 Å². The maximum Gasteiger partial charge on any atom is 0.166 e. The van der Waals surface area contributed by atoms with E-state index < -0.39 is 0 Å². The first kappa shape index (κ1) is 13.9. The normalized spacial score (nSPS) is 27.6. The highest BCUT2D eigenvalue weighted by molar-refractivity contribution is 5.84. The number of hydrogen-bond acceptors (Lipinski definition) is 3. The summed E-state index contributed by atoms with van der Waals surface area (Å²) >= 11 is 0. The van der Waals surface area contributed by atoms with Crippen molar-refractivity contribution in [3.8, 4) is 11.5 Å². The van der Waals surface area contributed by atoms with Crippen LogP contribution in [0.1, 0.15) is 38.7 Å². The van der Waals surface area contributed by atoms with Gasteiger partial charge in [0.2, 0.25) is 0 Å². The highest BCUT2D eigenvalue weighted by Crippen LogP contribution is 2.32. The quantitative estimate of drug-likeness (QED) is 0.844. The first-order valence-corrected chi connectivity index (χ1v) is 7.02. The van der Waals surface area contributed by atoms with Gasteiger partial charge in [-0.05, 0) is 30.4 Å². The molecule has 1 aromatic carbocycles. The van der Waals surface area contributed by atoms with Gasteiger partial charge in [0, 0.05) is 11.8 Å². The maximum atomic E-state index is 10.0. The molecule has 1 saturated carbocycles. The Morgan fingerprint density at radius 2 is 2.11 bits per heavy atom. The molecule has 1 aliphatic carbocycles. The average molecular weight is 261 g/mol. The molecule has 3 nitrogen and oxygen atoms in total. The van der Waals surface area contributed by atoms with Crippen LogP contribution >= 0.6 is 0 Å². The van der Waals surface area contributed by atoms with E-state index >= 15 is 0 Å². The molecule has 0 bridgehead atoms. The molecule has 0 spiro atoms. The lowest BCUT2D eigenvalue weighted by atomic mass is 9.78. The highest BCUT2D eigenvalue weighted by Gasteiger charge is 2.26. The lowest BCUT2D eigenvalue weighted by Gasteiger charge is -2.31. The lowest BCUT2D eigenvalue weighted by molar-refractivity contribution is 0.242. The number of aliphatic imine (C=N–C) groups is 1. The number of methoxy groups -OCH3 is 1.